The van der Waals surface area contributed by atoms with Gasteiger partial charge in [0.1, 0.15) is 0 Å². The first-order valence-electron chi connectivity index (χ1n) is 12.5. The van der Waals surface area contributed by atoms with E-state index in [1.54, 1.807) is 0 Å². The first-order chi connectivity index (χ1) is 16.0. The molecule has 0 unspecified atom stereocenters. The van der Waals surface area contributed by atoms with Gasteiger partial charge in [-0.05, 0) is 10.8 Å². The Kier molecular flexibility index (Phi) is 47.3. The largest absolute Gasteiger partial charge is 1.00 e. The summed E-state index contributed by atoms with van der Waals surface area (Å²) in [6.45, 7) is 13.3. The van der Waals surface area contributed by atoms with Crippen LogP contribution in [0.25, 0.3) is 0 Å². The van der Waals surface area contributed by atoms with Gasteiger partial charge in [0.05, 0.1) is 0 Å². The van der Waals surface area contributed by atoms with E-state index in [4.69, 9.17) is 0 Å². The molecule has 2 radical (unpaired) electrons. The van der Waals surface area contributed by atoms with Crippen molar-refractivity contribution in [2.75, 3.05) is 0 Å². The average molecular weight is 1010 g/mol. The zero-order valence-electron chi connectivity index (χ0n) is 25.5. The van der Waals surface area contributed by atoms with Crippen LogP contribution in [-0.4, -0.2) is 30.9 Å². The standard InChI is InChI=1S/2C9H13.2C5H5.2C2H7Ge.2ClH.2Hf/c2*1-9(2,3)8-6-4-5-7-8;2*1-2-4-5-3-1;2*1-3-2;;;;/h2*4,6H,5H2,1-3H3;2*1-3H,4H2;2*3H,1-2H3;2*1H;;/q4*-1;;;;;;/p-2. The Morgan fingerprint density at radius 1 is 0.553 bits per heavy atom. The summed E-state index contributed by atoms with van der Waals surface area (Å²) >= 11 is 0.625. The molecule has 0 N–H and O–H groups in total. The van der Waals surface area contributed by atoms with E-state index in [-0.39, 0.29) is 76.5 Å². The van der Waals surface area contributed by atoms with Gasteiger partial charge in [-0.1, -0.05) is 41.5 Å². The Morgan fingerprint density at radius 3 is 0.921 bits per heavy atom. The van der Waals surface area contributed by atoms with E-state index < -0.39 is 0 Å². The average Bonchev–Trinajstić information content (AvgIpc) is 3.59. The Hall–Kier alpha value is 1.33. The maximum absolute atomic E-state index is 3.30. The molecule has 4 rings (SSSR count). The second-order valence-electron chi connectivity index (χ2n) is 10.1. The zero-order chi connectivity index (χ0) is 26.3. The van der Waals surface area contributed by atoms with Gasteiger partial charge in [0.2, 0.25) is 0 Å². The molecule has 0 aromatic rings. The summed E-state index contributed by atoms with van der Waals surface area (Å²) in [4.78, 5) is 0. The maximum atomic E-state index is 3.30. The molecule has 0 bridgehead atoms. The van der Waals surface area contributed by atoms with Gasteiger partial charge in [0.15, 0.2) is 0 Å². The van der Waals surface area contributed by atoms with Crippen LogP contribution in [0.2, 0.25) is 23.0 Å². The Balaban J connectivity index is -0.0000000830. The molecular weight excluding hydrogens is 957 g/mol. The third kappa shape index (κ3) is 35.4. The molecular formula is C32H50Cl2Ge2Hf2-6. The molecule has 6 heteroatoms. The number of hydrogen-bond donors (Lipinski definition) is 0. The molecule has 0 amide bonds. The van der Waals surface area contributed by atoms with Crippen molar-refractivity contribution in [2.45, 2.75) is 90.3 Å². The third-order valence-electron chi connectivity index (χ3n) is 4.18. The second kappa shape index (κ2) is 34.5. The predicted molar refractivity (Wildman–Crippen MR) is 161 cm³/mol. The normalized spacial score (nSPS) is 14.3. The predicted octanol–water partition coefficient (Wildman–Crippen LogP) is 3.10. The number of hydrogen-bond acceptors (Lipinski definition) is 0. The van der Waals surface area contributed by atoms with Crippen molar-refractivity contribution >= 4 is 30.9 Å². The van der Waals surface area contributed by atoms with E-state index in [1.165, 1.54) is 11.1 Å². The van der Waals surface area contributed by atoms with Crippen LogP contribution in [0.15, 0.2) is 71.9 Å². The van der Waals surface area contributed by atoms with E-state index in [0.717, 1.165) is 25.7 Å². The van der Waals surface area contributed by atoms with Crippen LogP contribution in [0, 0.1) is 35.1 Å². The SMILES string of the molecule is CC(C)(C)C1=[C-]CC=C1.CC(C)(C)C1=[C-]CC=C1.[C-]1=CC=CC1.[C-]1=CC=CC1.[CH3][GeH][CH3].[CH3][GeH][CH3].[Cl-].[Cl-].[Hf].[Hf]. The molecule has 0 saturated heterocycles. The topological polar surface area (TPSA) is 0 Å². The van der Waals surface area contributed by atoms with Gasteiger partial charge in [0.25, 0.3) is 0 Å². The number of halogens is 2. The molecule has 4 aliphatic carbocycles. The molecule has 0 aromatic heterocycles. The zero-order valence-corrected chi connectivity index (χ0v) is 39.1. The molecule has 0 atom stereocenters. The van der Waals surface area contributed by atoms with Gasteiger partial charge in [0, 0.05) is 51.7 Å². The van der Waals surface area contributed by atoms with Crippen LogP contribution in [0.3, 0.4) is 0 Å². The van der Waals surface area contributed by atoms with Crippen LogP contribution < -0.4 is 24.8 Å². The molecule has 0 aliphatic heterocycles. The summed E-state index contributed by atoms with van der Waals surface area (Å²) in [5.74, 6) is 9.12. The van der Waals surface area contributed by atoms with Crippen molar-refractivity contribution in [3.05, 3.63) is 96.2 Å². The summed E-state index contributed by atoms with van der Waals surface area (Å²) < 4.78 is 0. The molecule has 38 heavy (non-hydrogen) atoms. The minimum Gasteiger partial charge on any atom is -1.00 e. The Bertz CT molecular complexity index is 662. The smallest absolute Gasteiger partial charge is 0 e. The van der Waals surface area contributed by atoms with Crippen LogP contribution in [-0.2, 0) is 51.7 Å². The van der Waals surface area contributed by atoms with Crippen molar-refractivity contribution in [3.63, 3.8) is 0 Å². The minimum atomic E-state index is 0. The van der Waals surface area contributed by atoms with Crippen molar-refractivity contribution in [3.8, 4) is 0 Å². The van der Waals surface area contributed by atoms with Gasteiger partial charge in [-0.25, -0.2) is 47.6 Å². The fraction of sp³-hybridized carbons (Fsp3) is 0.500. The van der Waals surface area contributed by atoms with E-state index in [1.807, 2.05) is 24.3 Å². The van der Waals surface area contributed by atoms with Crippen LogP contribution in [0.1, 0.15) is 67.2 Å². The van der Waals surface area contributed by atoms with Crippen molar-refractivity contribution in [1.82, 2.24) is 0 Å². The Labute approximate surface area is 301 Å². The molecule has 0 spiro atoms. The second-order valence-corrected chi connectivity index (χ2v) is 14.9. The molecule has 214 valence electrons. The van der Waals surface area contributed by atoms with E-state index in [9.17, 15) is 0 Å². The fourth-order valence-electron chi connectivity index (χ4n) is 2.52. The van der Waals surface area contributed by atoms with Gasteiger partial charge in [-0.2, -0.15) is 24.3 Å². The molecule has 0 aromatic carbocycles. The molecule has 0 nitrogen and oxygen atoms in total. The van der Waals surface area contributed by atoms with Gasteiger partial charge < -0.3 is 24.8 Å². The van der Waals surface area contributed by atoms with Crippen LogP contribution in [0.5, 0.6) is 0 Å². The summed E-state index contributed by atoms with van der Waals surface area (Å²) in [5.41, 5.74) is 3.30. The summed E-state index contributed by atoms with van der Waals surface area (Å²) in [6, 6.07) is 0. The molecule has 0 saturated carbocycles. The van der Waals surface area contributed by atoms with Crippen molar-refractivity contribution in [1.29, 1.82) is 0 Å². The van der Waals surface area contributed by atoms with Gasteiger partial charge in [-0.3, -0.25) is 24.3 Å². The van der Waals surface area contributed by atoms with E-state index in [0.29, 0.717) is 41.7 Å². The van der Waals surface area contributed by atoms with E-state index >= 15 is 0 Å². The fourth-order valence-corrected chi connectivity index (χ4v) is 2.52. The Morgan fingerprint density at radius 2 is 0.842 bits per heavy atom. The maximum Gasteiger partial charge on any atom is 0 e. The van der Waals surface area contributed by atoms with E-state index in [2.05, 4.69) is 125 Å². The molecule has 4 aliphatic rings. The summed E-state index contributed by atoms with van der Waals surface area (Å²) in [5, 5.41) is 0. The first-order valence-corrected chi connectivity index (χ1v) is 22.2. The summed E-state index contributed by atoms with van der Waals surface area (Å²) in [7, 11) is 0. The van der Waals surface area contributed by atoms with Gasteiger partial charge in [-0.15, -0.1) is 25.7 Å². The van der Waals surface area contributed by atoms with Crippen molar-refractivity contribution in [2.24, 2.45) is 10.8 Å². The van der Waals surface area contributed by atoms with Crippen molar-refractivity contribution < 1.29 is 76.5 Å². The third-order valence-corrected chi connectivity index (χ3v) is 4.18. The number of allylic oxidation sites excluding steroid dienone is 16. The van der Waals surface area contributed by atoms with Crippen LogP contribution in [0.4, 0.5) is 0 Å². The first kappa shape index (κ1) is 52.0. The van der Waals surface area contributed by atoms with Crippen LogP contribution >= 0.6 is 0 Å². The minimum absolute atomic E-state index is 0. The molecule has 0 fully saturated rings. The monoisotopic (exact) mass is 1010 g/mol. The molecule has 0 heterocycles. The summed E-state index contributed by atoms with van der Waals surface area (Å²) in [6.07, 6.45) is 37.3. The van der Waals surface area contributed by atoms with Gasteiger partial charge >= 0.3 is 53.9 Å². The number of rotatable bonds is 0. The quantitative estimate of drug-likeness (QED) is 0.259.